The zero-order chi connectivity index (χ0) is 15.5. The minimum Gasteiger partial charge on any atom is -0.389 e. The average Bonchev–Trinajstić information content (AvgIpc) is 2.45. The molecule has 2 aromatic rings. The summed E-state index contributed by atoms with van der Waals surface area (Å²) in [6.07, 6.45) is 0. The second kappa shape index (κ2) is 6.06. The van der Waals surface area contributed by atoms with Gasteiger partial charge in [0.15, 0.2) is 0 Å². The standard InChI is InChI=1S/C17H18FNO2/c1-17(2,21)11-19-16(20)14-10-13(8-9-15(14)18)12-6-4-3-5-7-12/h3-10,21H,11H2,1-2H3,(H,19,20). The van der Waals surface area contributed by atoms with Gasteiger partial charge in [0.2, 0.25) is 0 Å². The van der Waals surface area contributed by atoms with E-state index in [4.69, 9.17) is 0 Å². The van der Waals surface area contributed by atoms with Crippen LogP contribution in [-0.2, 0) is 0 Å². The molecule has 0 saturated heterocycles. The first-order chi connectivity index (χ1) is 9.87. The van der Waals surface area contributed by atoms with Crippen LogP contribution in [0.5, 0.6) is 0 Å². The summed E-state index contributed by atoms with van der Waals surface area (Å²) in [6.45, 7) is 3.20. The molecule has 0 aromatic heterocycles. The summed E-state index contributed by atoms with van der Waals surface area (Å²) in [5.41, 5.74) is 0.614. The van der Waals surface area contributed by atoms with Gasteiger partial charge >= 0.3 is 0 Å². The molecule has 4 heteroatoms. The largest absolute Gasteiger partial charge is 0.389 e. The van der Waals surface area contributed by atoms with Crippen LogP contribution in [0.4, 0.5) is 4.39 Å². The van der Waals surface area contributed by atoms with Crippen molar-refractivity contribution in [3.05, 3.63) is 59.9 Å². The third-order valence-electron chi connectivity index (χ3n) is 3.00. The van der Waals surface area contributed by atoms with Gasteiger partial charge in [-0.3, -0.25) is 4.79 Å². The van der Waals surface area contributed by atoms with E-state index in [-0.39, 0.29) is 12.1 Å². The molecule has 0 atom stereocenters. The number of benzene rings is 2. The lowest BCUT2D eigenvalue weighted by atomic mass is 10.0. The fourth-order valence-corrected chi connectivity index (χ4v) is 1.90. The molecule has 0 radical (unpaired) electrons. The lowest BCUT2D eigenvalue weighted by Crippen LogP contribution is -2.38. The van der Waals surface area contributed by atoms with Crippen molar-refractivity contribution in [2.24, 2.45) is 0 Å². The molecule has 0 heterocycles. The van der Waals surface area contributed by atoms with E-state index < -0.39 is 17.3 Å². The van der Waals surface area contributed by atoms with Crippen LogP contribution in [0.15, 0.2) is 48.5 Å². The van der Waals surface area contributed by atoms with Crippen molar-refractivity contribution in [1.29, 1.82) is 0 Å². The first kappa shape index (κ1) is 15.2. The molecule has 2 rings (SSSR count). The zero-order valence-corrected chi connectivity index (χ0v) is 12.1. The Kier molecular flexibility index (Phi) is 4.38. The van der Waals surface area contributed by atoms with E-state index in [9.17, 15) is 14.3 Å². The molecule has 0 aliphatic carbocycles. The molecule has 0 aliphatic rings. The number of aliphatic hydroxyl groups is 1. The maximum Gasteiger partial charge on any atom is 0.254 e. The van der Waals surface area contributed by atoms with Crippen molar-refractivity contribution in [3.63, 3.8) is 0 Å². The van der Waals surface area contributed by atoms with Crippen molar-refractivity contribution in [3.8, 4) is 11.1 Å². The van der Waals surface area contributed by atoms with Crippen LogP contribution in [0.2, 0.25) is 0 Å². The van der Waals surface area contributed by atoms with Gasteiger partial charge in [0.1, 0.15) is 5.82 Å². The van der Waals surface area contributed by atoms with Crippen LogP contribution in [0.1, 0.15) is 24.2 Å². The van der Waals surface area contributed by atoms with Gasteiger partial charge in [0, 0.05) is 6.54 Å². The van der Waals surface area contributed by atoms with E-state index in [2.05, 4.69) is 5.32 Å². The summed E-state index contributed by atoms with van der Waals surface area (Å²) in [5, 5.41) is 12.1. The van der Waals surface area contributed by atoms with Gasteiger partial charge < -0.3 is 10.4 Å². The number of rotatable bonds is 4. The number of carbonyl (C=O) groups excluding carboxylic acids is 1. The highest BCUT2D eigenvalue weighted by Crippen LogP contribution is 2.22. The Morgan fingerprint density at radius 1 is 1.14 bits per heavy atom. The lowest BCUT2D eigenvalue weighted by Gasteiger charge is -2.18. The highest BCUT2D eigenvalue weighted by Gasteiger charge is 2.17. The molecule has 110 valence electrons. The van der Waals surface area contributed by atoms with E-state index in [1.807, 2.05) is 30.3 Å². The Labute approximate surface area is 123 Å². The van der Waals surface area contributed by atoms with Gasteiger partial charge in [-0.25, -0.2) is 4.39 Å². The highest BCUT2D eigenvalue weighted by molar-refractivity contribution is 5.95. The molecule has 1 amide bonds. The van der Waals surface area contributed by atoms with E-state index in [0.717, 1.165) is 11.1 Å². The quantitative estimate of drug-likeness (QED) is 0.908. The van der Waals surface area contributed by atoms with Crippen molar-refractivity contribution in [1.82, 2.24) is 5.32 Å². The second-order valence-electron chi connectivity index (χ2n) is 5.56. The smallest absolute Gasteiger partial charge is 0.254 e. The first-order valence-corrected chi connectivity index (χ1v) is 6.72. The van der Waals surface area contributed by atoms with Crippen LogP contribution in [0.25, 0.3) is 11.1 Å². The Morgan fingerprint density at radius 3 is 2.43 bits per heavy atom. The zero-order valence-electron chi connectivity index (χ0n) is 12.1. The minimum atomic E-state index is -1.04. The summed E-state index contributed by atoms with van der Waals surface area (Å²) in [5.74, 6) is -1.12. The molecule has 3 nitrogen and oxygen atoms in total. The van der Waals surface area contributed by atoms with E-state index in [1.165, 1.54) is 12.1 Å². The Morgan fingerprint density at radius 2 is 1.81 bits per heavy atom. The predicted octanol–water partition coefficient (Wildman–Crippen LogP) is 2.99. The van der Waals surface area contributed by atoms with Crippen LogP contribution < -0.4 is 5.32 Å². The molecular weight excluding hydrogens is 269 g/mol. The molecule has 21 heavy (non-hydrogen) atoms. The second-order valence-corrected chi connectivity index (χ2v) is 5.56. The van der Waals surface area contributed by atoms with Crippen molar-refractivity contribution in [2.75, 3.05) is 6.54 Å². The third kappa shape index (κ3) is 4.13. The number of carbonyl (C=O) groups is 1. The molecule has 0 aliphatic heterocycles. The predicted molar refractivity (Wildman–Crippen MR) is 80.5 cm³/mol. The van der Waals surface area contributed by atoms with E-state index in [0.29, 0.717) is 0 Å². The summed E-state index contributed by atoms with van der Waals surface area (Å²) in [4.78, 5) is 12.0. The maximum absolute atomic E-state index is 13.8. The van der Waals surface area contributed by atoms with Crippen molar-refractivity contribution in [2.45, 2.75) is 19.4 Å². The molecule has 0 spiro atoms. The van der Waals surface area contributed by atoms with Gasteiger partial charge in [0.25, 0.3) is 5.91 Å². The molecular formula is C17H18FNO2. The van der Waals surface area contributed by atoms with Crippen LogP contribution in [0, 0.1) is 5.82 Å². The average molecular weight is 287 g/mol. The van der Waals surface area contributed by atoms with Gasteiger partial charge in [-0.1, -0.05) is 36.4 Å². The van der Waals surface area contributed by atoms with Crippen molar-refractivity contribution >= 4 is 5.91 Å². The SMILES string of the molecule is CC(C)(O)CNC(=O)c1cc(-c2ccccc2)ccc1F. The number of hydrogen-bond donors (Lipinski definition) is 2. The number of nitrogens with one attached hydrogen (secondary N) is 1. The lowest BCUT2D eigenvalue weighted by molar-refractivity contribution is 0.0692. The molecule has 0 fully saturated rings. The van der Waals surface area contributed by atoms with Crippen LogP contribution in [0.3, 0.4) is 0 Å². The summed E-state index contributed by atoms with van der Waals surface area (Å²) < 4.78 is 13.8. The summed E-state index contributed by atoms with van der Waals surface area (Å²) >= 11 is 0. The molecule has 0 saturated carbocycles. The Bertz CT molecular complexity index is 633. The minimum absolute atomic E-state index is 0.0272. The normalized spacial score (nSPS) is 11.2. The fraction of sp³-hybridized carbons (Fsp3) is 0.235. The first-order valence-electron chi connectivity index (χ1n) is 6.72. The Hall–Kier alpha value is -2.20. The molecule has 0 bridgehead atoms. The van der Waals surface area contributed by atoms with E-state index >= 15 is 0 Å². The third-order valence-corrected chi connectivity index (χ3v) is 3.00. The molecule has 2 N–H and O–H groups in total. The van der Waals surface area contributed by atoms with Crippen molar-refractivity contribution < 1.29 is 14.3 Å². The van der Waals surface area contributed by atoms with Gasteiger partial charge in [-0.05, 0) is 37.1 Å². The number of amides is 1. The fourth-order valence-electron chi connectivity index (χ4n) is 1.90. The molecule has 0 unspecified atom stereocenters. The summed E-state index contributed by atoms with van der Waals surface area (Å²) in [7, 11) is 0. The number of halogens is 1. The topological polar surface area (TPSA) is 49.3 Å². The monoisotopic (exact) mass is 287 g/mol. The molecule has 2 aromatic carbocycles. The maximum atomic E-state index is 13.8. The van der Waals surface area contributed by atoms with Gasteiger partial charge in [0.05, 0.1) is 11.2 Å². The van der Waals surface area contributed by atoms with Gasteiger partial charge in [-0.15, -0.1) is 0 Å². The number of hydrogen-bond acceptors (Lipinski definition) is 2. The van der Waals surface area contributed by atoms with Crippen LogP contribution in [-0.4, -0.2) is 23.2 Å². The summed E-state index contributed by atoms with van der Waals surface area (Å²) in [6, 6.07) is 13.9. The Balaban J connectivity index is 2.26. The highest BCUT2D eigenvalue weighted by atomic mass is 19.1. The van der Waals surface area contributed by atoms with Crippen LogP contribution >= 0.6 is 0 Å². The van der Waals surface area contributed by atoms with Gasteiger partial charge in [-0.2, -0.15) is 0 Å². The van der Waals surface area contributed by atoms with E-state index in [1.54, 1.807) is 19.9 Å².